The van der Waals surface area contributed by atoms with E-state index in [4.69, 9.17) is 16.3 Å². The lowest BCUT2D eigenvalue weighted by molar-refractivity contribution is -0.143. The molecule has 124 valence electrons. The number of rotatable bonds is 2. The monoisotopic (exact) mass is 344 g/mol. The highest BCUT2D eigenvalue weighted by molar-refractivity contribution is 6.30. The van der Waals surface area contributed by atoms with E-state index in [2.05, 4.69) is 10.6 Å². The summed E-state index contributed by atoms with van der Waals surface area (Å²) in [5.74, 6) is -0.591. The molecule has 2 N–H and O–H groups in total. The van der Waals surface area contributed by atoms with Crippen molar-refractivity contribution in [3.8, 4) is 5.75 Å². The van der Waals surface area contributed by atoms with Crippen molar-refractivity contribution < 1.29 is 14.3 Å². The van der Waals surface area contributed by atoms with Gasteiger partial charge in [0.15, 0.2) is 0 Å². The maximum Gasteiger partial charge on any atom is 0.278 e. The van der Waals surface area contributed by atoms with Crippen LogP contribution in [0.3, 0.4) is 0 Å². The molecule has 1 heterocycles. The van der Waals surface area contributed by atoms with E-state index in [9.17, 15) is 9.59 Å². The van der Waals surface area contributed by atoms with Gasteiger partial charge in [-0.15, -0.1) is 0 Å². The maximum absolute atomic E-state index is 12.7. The number of halogens is 1. The molecule has 5 nitrogen and oxygen atoms in total. The van der Waals surface area contributed by atoms with E-state index in [1.807, 2.05) is 19.9 Å². The van der Waals surface area contributed by atoms with Gasteiger partial charge in [-0.25, -0.2) is 0 Å². The Morgan fingerprint density at radius 1 is 1.21 bits per heavy atom. The third-order valence-corrected chi connectivity index (χ3v) is 4.24. The van der Waals surface area contributed by atoms with Crippen LogP contribution in [-0.2, 0) is 9.59 Å². The fourth-order valence-electron chi connectivity index (χ4n) is 2.50. The molecule has 0 saturated heterocycles. The number of nitrogens with one attached hydrogen (secondary N) is 2. The summed E-state index contributed by atoms with van der Waals surface area (Å²) in [5.41, 5.74) is 1.27. The van der Waals surface area contributed by atoms with E-state index in [0.717, 1.165) is 11.1 Å². The van der Waals surface area contributed by atoms with Crippen LogP contribution < -0.4 is 15.4 Å². The van der Waals surface area contributed by atoms with Crippen molar-refractivity contribution in [1.82, 2.24) is 0 Å². The Balaban J connectivity index is 1.88. The molecule has 0 fully saturated rings. The van der Waals surface area contributed by atoms with Crippen LogP contribution in [0.4, 0.5) is 11.4 Å². The molecule has 6 heteroatoms. The zero-order valence-electron chi connectivity index (χ0n) is 13.6. The van der Waals surface area contributed by atoms with E-state index in [-0.39, 0.29) is 0 Å². The van der Waals surface area contributed by atoms with E-state index in [0.29, 0.717) is 22.1 Å². The number of amides is 2. The van der Waals surface area contributed by atoms with Crippen molar-refractivity contribution in [1.29, 1.82) is 0 Å². The van der Waals surface area contributed by atoms with E-state index in [1.165, 1.54) is 6.92 Å². The molecule has 2 aromatic rings. The van der Waals surface area contributed by atoms with Gasteiger partial charge in [-0.1, -0.05) is 17.7 Å². The van der Waals surface area contributed by atoms with Gasteiger partial charge in [-0.2, -0.15) is 0 Å². The Bertz CT molecular complexity index is 850. The molecule has 0 aliphatic carbocycles. The first-order valence-corrected chi connectivity index (χ1v) is 7.86. The molecule has 2 aromatic carbocycles. The molecule has 1 atom stereocenters. The number of anilines is 2. The largest absolute Gasteiger partial charge is 0.466 e. The number of hydrogen-bond acceptors (Lipinski definition) is 3. The molecule has 1 aliphatic rings. The third-order valence-electron chi connectivity index (χ3n) is 4.00. The van der Waals surface area contributed by atoms with Gasteiger partial charge in [-0.05, 0) is 62.2 Å². The topological polar surface area (TPSA) is 67.4 Å². The molecular weight excluding hydrogens is 328 g/mol. The SMILES string of the molecule is Cc1ccc2c(c1)NC(=O)C(C)(C(=O)Nc1ccc(Cl)cc1C)O2. The van der Waals surface area contributed by atoms with Gasteiger partial charge in [0.2, 0.25) is 0 Å². The van der Waals surface area contributed by atoms with E-state index >= 15 is 0 Å². The highest BCUT2D eigenvalue weighted by Crippen LogP contribution is 2.35. The van der Waals surface area contributed by atoms with Crippen molar-refractivity contribution in [3.05, 3.63) is 52.5 Å². The van der Waals surface area contributed by atoms with Gasteiger partial charge in [0.25, 0.3) is 17.4 Å². The van der Waals surface area contributed by atoms with Crippen LogP contribution in [0.25, 0.3) is 0 Å². The Morgan fingerprint density at radius 3 is 2.67 bits per heavy atom. The highest BCUT2D eigenvalue weighted by Gasteiger charge is 2.47. The van der Waals surface area contributed by atoms with Crippen LogP contribution in [-0.4, -0.2) is 17.4 Å². The minimum Gasteiger partial charge on any atom is -0.466 e. The van der Waals surface area contributed by atoms with Crippen LogP contribution >= 0.6 is 11.6 Å². The minimum absolute atomic E-state index is 0.464. The standard InChI is InChI=1S/C18H17ClN2O3/c1-10-4-7-15-14(8-10)21-17(23)18(3,24-15)16(22)20-13-6-5-12(19)9-11(13)2/h4-9H,1-3H3,(H,20,22)(H,21,23). The first-order valence-electron chi connectivity index (χ1n) is 7.48. The summed E-state index contributed by atoms with van der Waals surface area (Å²) >= 11 is 5.92. The summed E-state index contributed by atoms with van der Waals surface area (Å²) < 4.78 is 5.73. The van der Waals surface area contributed by atoms with Crippen molar-refractivity contribution in [2.24, 2.45) is 0 Å². The number of hydrogen-bond donors (Lipinski definition) is 2. The van der Waals surface area contributed by atoms with Gasteiger partial charge in [-0.3, -0.25) is 9.59 Å². The fourth-order valence-corrected chi connectivity index (χ4v) is 2.72. The van der Waals surface area contributed by atoms with Crippen LogP contribution in [0.2, 0.25) is 5.02 Å². The normalized spacial score (nSPS) is 19.1. The summed E-state index contributed by atoms with van der Waals surface area (Å²) in [4.78, 5) is 25.1. The second-order valence-electron chi connectivity index (χ2n) is 6.00. The first kappa shape index (κ1) is 16.3. The zero-order chi connectivity index (χ0) is 17.5. The molecule has 24 heavy (non-hydrogen) atoms. The zero-order valence-corrected chi connectivity index (χ0v) is 14.3. The van der Waals surface area contributed by atoms with Crippen LogP contribution in [0.5, 0.6) is 5.75 Å². The average Bonchev–Trinajstić information content (AvgIpc) is 2.51. The molecule has 1 unspecified atom stereocenters. The number of fused-ring (bicyclic) bond motifs is 1. The van der Waals surface area contributed by atoms with Crippen LogP contribution in [0.15, 0.2) is 36.4 Å². The molecule has 2 amide bonds. The van der Waals surface area contributed by atoms with Gasteiger partial charge in [0.05, 0.1) is 5.69 Å². The van der Waals surface area contributed by atoms with Crippen molar-refractivity contribution in [3.63, 3.8) is 0 Å². The Labute approximate surface area is 145 Å². The molecular formula is C18H17ClN2O3. The fraction of sp³-hybridized carbons (Fsp3) is 0.222. The van der Waals surface area contributed by atoms with Crippen LogP contribution in [0, 0.1) is 13.8 Å². The van der Waals surface area contributed by atoms with Gasteiger partial charge < -0.3 is 15.4 Å². The van der Waals surface area contributed by atoms with Gasteiger partial charge in [0, 0.05) is 10.7 Å². The number of carbonyl (C=O) groups excluding carboxylic acids is 2. The third kappa shape index (κ3) is 2.83. The Hall–Kier alpha value is -2.53. The summed E-state index contributed by atoms with van der Waals surface area (Å²) in [6.07, 6.45) is 0. The van der Waals surface area contributed by atoms with E-state index < -0.39 is 17.4 Å². The lowest BCUT2D eigenvalue weighted by atomic mass is 10.0. The number of carbonyl (C=O) groups is 2. The molecule has 3 rings (SSSR count). The minimum atomic E-state index is -1.66. The second-order valence-corrected chi connectivity index (χ2v) is 6.44. The second kappa shape index (κ2) is 5.83. The first-order chi connectivity index (χ1) is 11.3. The molecule has 1 aliphatic heterocycles. The Morgan fingerprint density at radius 2 is 1.96 bits per heavy atom. The number of benzene rings is 2. The molecule has 0 radical (unpaired) electrons. The summed E-state index contributed by atoms with van der Waals surface area (Å²) in [6.45, 7) is 5.19. The van der Waals surface area contributed by atoms with Crippen molar-refractivity contribution >= 4 is 34.8 Å². The molecule has 0 bridgehead atoms. The quantitative estimate of drug-likeness (QED) is 0.816. The van der Waals surface area contributed by atoms with Crippen molar-refractivity contribution in [2.75, 3.05) is 10.6 Å². The van der Waals surface area contributed by atoms with Gasteiger partial charge >= 0.3 is 0 Å². The average molecular weight is 345 g/mol. The number of ether oxygens (including phenoxy) is 1. The van der Waals surface area contributed by atoms with Gasteiger partial charge in [0.1, 0.15) is 5.75 Å². The molecule has 0 saturated carbocycles. The molecule has 0 spiro atoms. The maximum atomic E-state index is 12.7. The summed E-state index contributed by atoms with van der Waals surface area (Å²) in [5, 5.41) is 6.05. The summed E-state index contributed by atoms with van der Waals surface area (Å²) in [7, 11) is 0. The number of aryl methyl sites for hydroxylation is 2. The Kier molecular flexibility index (Phi) is 3.97. The van der Waals surface area contributed by atoms with E-state index in [1.54, 1.807) is 30.3 Å². The van der Waals surface area contributed by atoms with Crippen molar-refractivity contribution in [2.45, 2.75) is 26.4 Å². The predicted octanol–water partition coefficient (Wildman–Crippen LogP) is 3.69. The smallest absolute Gasteiger partial charge is 0.278 e. The lowest BCUT2D eigenvalue weighted by Gasteiger charge is -2.33. The lowest BCUT2D eigenvalue weighted by Crippen LogP contribution is -2.56. The highest BCUT2D eigenvalue weighted by atomic mass is 35.5. The predicted molar refractivity (Wildman–Crippen MR) is 93.7 cm³/mol. The summed E-state index contributed by atoms with van der Waals surface area (Å²) in [6, 6.07) is 10.5. The van der Waals surface area contributed by atoms with Crippen LogP contribution in [0.1, 0.15) is 18.1 Å². The molecule has 0 aromatic heterocycles.